The highest BCUT2D eigenvalue weighted by molar-refractivity contribution is 5.95. The molecule has 170 valence electrons. The molecule has 8 nitrogen and oxygen atoms in total. The zero-order valence-electron chi connectivity index (χ0n) is 18.4. The molecule has 0 aliphatic carbocycles. The topological polar surface area (TPSA) is 102 Å². The van der Waals surface area contributed by atoms with Gasteiger partial charge >= 0.3 is 0 Å². The van der Waals surface area contributed by atoms with Crippen molar-refractivity contribution in [1.82, 2.24) is 14.0 Å². The Bertz CT molecular complexity index is 1620. The number of rotatable bonds is 3. The molecule has 0 radical (unpaired) electrons. The van der Waals surface area contributed by atoms with Crippen LogP contribution in [-0.4, -0.2) is 32.6 Å². The van der Waals surface area contributed by atoms with Gasteiger partial charge in [0, 0.05) is 18.4 Å². The van der Waals surface area contributed by atoms with Gasteiger partial charge in [0.25, 0.3) is 11.5 Å². The summed E-state index contributed by atoms with van der Waals surface area (Å²) in [5.74, 6) is -1.27. The maximum Gasteiger partial charge on any atom is 0.279 e. The van der Waals surface area contributed by atoms with Crippen LogP contribution in [0.1, 0.15) is 34.3 Å². The lowest BCUT2D eigenvalue weighted by Gasteiger charge is -2.17. The number of aryl methyl sites for hydroxylation is 1. The fourth-order valence-electron chi connectivity index (χ4n) is 4.24. The van der Waals surface area contributed by atoms with Gasteiger partial charge in [-0.25, -0.2) is 9.37 Å². The van der Waals surface area contributed by atoms with Gasteiger partial charge in [0.2, 0.25) is 0 Å². The molecule has 1 saturated heterocycles. The molecule has 34 heavy (non-hydrogen) atoms. The van der Waals surface area contributed by atoms with E-state index in [2.05, 4.69) is 11.1 Å². The fraction of sp³-hybridized carbons (Fsp3) is 0.240. The highest BCUT2D eigenvalue weighted by atomic mass is 19.1. The number of carbonyl (C=O) groups excluding carboxylic acids is 1. The van der Waals surface area contributed by atoms with Gasteiger partial charge in [-0.05, 0) is 55.7 Å². The van der Waals surface area contributed by atoms with Crippen molar-refractivity contribution in [3.8, 4) is 6.07 Å². The van der Waals surface area contributed by atoms with Crippen molar-refractivity contribution in [2.24, 2.45) is 4.99 Å². The fourth-order valence-corrected chi connectivity index (χ4v) is 4.24. The molecule has 9 heteroatoms. The van der Waals surface area contributed by atoms with Crippen molar-refractivity contribution in [3.63, 3.8) is 0 Å². The molecule has 1 amide bonds. The minimum atomic E-state index is -0.704. The van der Waals surface area contributed by atoms with Crippen LogP contribution in [0.3, 0.4) is 0 Å². The van der Waals surface area contributed by atoms with Gasteiger partial charge in [-0.1, -0.05) is 12.1 Å². The van der Waals surface area contributed by atoms with Crippen molar-refractivity contribution >= 4 is 22.6 Å². The number of aromatic nitrogens is 3. The number of hydrogen-bond donors (Lipinski definition) is 0. The molecule has 1 fully saturated rings. The minimum absolute atomic E-state index is 0.0433. The molecule has 0 unspecified atom stereocenters. The quantitative estimate of drug-likeness (QED) is 0.440. The van der Waals surface area contributed by atoms with E-state index in [0.29, 0.717) is 17.9 Å². The molecule has 1 atom stereocenters. The second-order valence-electron chi connectivity index (χ2n) is 8.21. The third-order valence-electron chi connectivity index (χ3n) is 5.91. The molecule has 0 N–H and O–H groups in total. The van der Waals surface area contributed by atoms with Crippen molar-refractivity contribution in [1.29, 1.82) is 5.26 Å². The summed E-state index contributed by atoms with van der Waals surface area (Å²) in [5, 5.41) is 10.1. The van der Waals surface area contributed by atoms with E-state index < -0.39 is 11.7 Å². The summed E-state index contributed by atoms with van der Waals surface area (Å²) in [4.78, 5) is 35.2. The first-order chi connectivity index (χ1) is 16.5. The van der Waals surface area contributed by atoms with Crippen LogP contribution >= 0.6 is 0 Å². The number of nitrogens with zero attached hydrogens (tertiary/aromatic N) is 5. The van der Waals surface area contributed by atoms with E-state index in [1.807, 2.05) is 13.0 Å². The average molecular weight is 457 g/mol. The zero-order valence-corrected chi connectivity index (χ0v) is 18.4. The number of nitriles is 1. The lowest BCUT2D eigenvalue weighted by molar-refractivity contribution is 0.0952. The number of carbonyl (C=O) groups is 1. The standard InChI is InChI=1S/C25H20FN5O3/c1-15-5-3-9-30-21(15)28-23-20(25(30)33)12-17(13-27)22(31(23)14-19-8-4-10-34-19)29-24(32)16-6-2-7-18(26)11-16/h2-3,5-7,9,11-12,19H,4,8,10,14H2,1H3/t19-/m0/s1. The lowest BCUT2D eigenvalue weighted by atomic mass is 10.2. The Kier molecular flexibility index (Phi) is 5.51. The van der Waals surface area contributed by atoms with E-state index in [4.69, 9.17) is 9.72 Å². The van der Waals surface area contributed by atoms with E-state index in [1.54, 1.807) is 16.8 Å². The first-order valence-electron chi connectivity index (χ1n) is 10.9. The van der Waals surface area contributed by atoms with Crippen LogP contribution in [0.25, 0.3) is 16.7 Å². The molecule has 3 aromatic heterocycles. The number of amides is 1. The SMILES string of the molecule is Cc1cccn2c(=O)c3cc(C#N)c(=NC(=O)c4cccc(F)c4)n(C[C@@H]4CCCO4)c3nc12. The highest BCUT2D eigenvalue weighted by Gasteiger charge is 2.21. The molecule has 1 aromatic carbocycles. The number of ether oxygens (including phenoxy) is 1. The van der Waals surface area contributed by atoms with Crippen LogP contribution in [0.4, 0.5) is 4.39 Å². The highest BCUT2D eigenvalue weighted by Crippen LogP contribution is 2.18. The summed E-state index contributed by atoms with van der Waals surface area (Å²) in [7, 11) is 0. The maximum absolute atomic E-state index is 13.7. The predicted molar refractivity (Wildman–Crippen MR) is 122 cm³/mol. The van der Waals surface area contributed by atoms with E-state index in [0.717, 1.165) is 24.5 Å². The van der Waals surface area contributed by atoms with Crippen molar-refractivity contribution in [3.05, 3.63) is 87.0 Å². The number of benzene rings is 1. The third kappa shape index (κ3) is 3.78. The monoisotopic (exact) mass is 457 g/mol. The first kappa shape index (κ1) is 21.7. The first-order valence-corrected chi connectivity index (χ1v) is 10.9. The summed E-state index contributed by atoms with van der Waals surface area (Å²) in [6, 6.07) is 12.2. The predicted octanol–water partition coefficient (Wildman–Crippen LogP) is 2.89. The maximum atomic E-state index is 13.7. The van der Waals surface area contributed by atoms with E-state index in [1.165, 1.54) is 28.7 Å². The Morgan fingerprint density at radius 3 is 2.88 bits per heavy atom. The summed E-state index contributed by atoms with van der Waals surface area (Å²) in [6.45, 7) is 2.71. The van der Waals surface area contributed by atoms with Gasteiger partial charge in [0.05, 0.1) is 23.6 Å². The van der Waals surface area contributed by atoms with Crippen LogP contribution in [-0.2, 0) is 11.3 Å². The molecule has 1 aliphatic heterocycles. The van der Waals surface area contributed by atoms with Crippen molar-refractivity contribution in [2.75, 3.05) is 6.61 Å². The molecule has 0 bridgehead atoms. The van der Waals surface area contributed by atoms with Crippen molar-refractivity contribution in [2.45, 2.75) is 32.4 Å². The number of halogens is 1. The van der Waals surface area contributed by atoms with Gasteiger partial charge < -0.3 is 9.30 Å². The largest absolute Gasteiger partial charge is 0.376 e. The van der Waals surface area contributed by atoms with Crippen LogP contribution in [0.5, 0.6) is 0 Å². The summed E-state index contributed by atoms with van der Waals surface area (Å²) >= 11 is 0. The smallest absolute Gasteiger partial charge is 0.279 e. The lowest BCUT2D eigenvalue weighted by Crippen LogP contribution is -2.33. The summed E-state index contributed by atoms with van der Waals surface area (Å²) in [5.41, 5.74) is 1.39. The molecule has 5 rings (SSSR count). The molecular weight excluding hydrogens is 437 g/mol. The van der Waals surface area contributed by atoms with E-state index >= 15 is 0 Å². The van der Waals surface area contributed by atoms with Crippen molar-refractivity contribution < 1.29 is 13.9 Å². The van der Waals surface area contributed by atoms with Gasteiger partial charge in [-0.2, -0.15) is 10.3 Å². The number of fused-ring (bicyclic) bond motifs is 2. The Hall–Kier alpha value is -4.16. The number of hydrogen-bond acceptors (Lipinski definition) is 5. The second-order valence-corrected chi connectivity index (χ2v) is 8.21. The normalized spacial score (nSPS) is 16.3. The van der Waals surface area contributed by atoms with Crippen LogP contribution in [0.15, 0.2) is 58.4 Å². The average Bonchev–Trinajstić information content (AvgIpc) is 3.34. The van der Waals surface area contributed by atoms with E-state index in [-0.39, 0.29) is 40.2 Å². The molecular formula is C25H20FN5O3. The Balaban J connectivity index is 1.85. The van der Waals surface area contributed by atoms with E-state index in [9.17, 15) is 19.2 Å². The Morgan fingerprint density at radius 1 is 1.29 bits per heavy atom. The van der Waals surface area contributed by atoms with Gasteiger partial charge in [0.1, 0.15) is 23.2 Å². The third-order valence-corrected chi connectivity index (χ3v) is 5.91. The van der Waals surface area contributed by atoms with Crippen LogP contribution in [0, 0.1) is 24.1 Å². The Morgan fingerprint density at radius 2 is 2.15 bits per heavy atom. The van der Waals surface area contributed by atoms with Gasteiger partial charge in [0.15, 0.2) is 5.49 Å². The molecule has 4 aromatic rings. The van der Waals surface area contributed by atoms with Gasteiger partial charge in [-0.3, -0.25) is 14.0 Å². The molecule has 1 aliphatic rings. The summed E-state index contributed by atoms with van der Waals surface area (Å²) < 4.78 is 22.5. The zero-order chi connectivity index (χ0) is 23.8. The second kappa shape index (κ2) is 8.65. The van der Waals surface area contributed by atoms with Crippen LogP contribution in [0.2, 0.25) is 0 Å². The Labute approximate surface area is 193 Å². The van der Waals surface area contributed by atoms with Crippen LogP contribution < -0.4 is 11.0 Å². The summed E-state index contributed by atoms with van der Waals surface area (Å²) in [6.07, 6.45) is 3.11. The molecule has 0 spiro atoms. The minimum Gasteiger partial charge on any atom is -0.376 e. The number of pyridine rings is 2. The molecule has 0 saturated carbocycles. The molecule has 4 heterocycles. The van der Waals surface area contributed by atoms with Gasteiger partial charge in [-0.15, -0.1) is 0 Å².